The van der Waals surface area contributed by atoms with Gasteiger partial charge in [0, 0.05) is 24.5 Å². The van der Waals surface area contributed by atoms with E-state index in [-0.39, 0.29) is 24.6 Å². The maximum atomic E-state index is 11.9. The first-order valence-corrected chi connectivity index (χ1v) is 7.67. The Balaban J connectivity index is 1.97. The fourth-order valence-corrected chi connectivity index (χ4v) is 2.23. The monoisotopic (exact) mass is 294 g/mol. The van der Waals surface area contributed by atoms with E-state index < -0.39 is 10.0 Å². The summed E-state index contributed by atoms with van der Waals surface area (Å²) in [6.45, 7) is 0.244. The van der Waals surface area contributed by atoms with E-state index in [1.54, 1.807) is 30.6 Å². The fourth-order valence-electron chi connectivity index (χ4n) is 1.68. The molecule has 0 aliphatic carbocycles. The van der Waals surface area contributed by atoms with E-state index in [4.69, 9.17) is 5.14 Å². The minimum atomic E-state index is -3.49. The summed E-state index contributed by atoms with van der Waals surface area (Å²) < 4.78 is 21.5. The van der Waals surface area contributed by atoms with Crippen LogP contribution in [0.15, 0.2) is 30.6 Å². The molecule has 0 saturated carbocycles. The molecule has 8 heteroatoms. The van der Waals surface area contributed by atoms with Crippen LogP contribution in [0.4, 0.5) is 0 Å². The second-order valence-electron chi connectivity index (χ2n) is 4.24. The molecule has 1 aromatic carbocycles. The molecule has 2 rings (SSSR count). The van der Waals surface area contributed by atoms with Gasteiger partial charge in [0.25, 0.3) is 5.91 Å². The van der Waals surface area contributed by atoms with Gasteiger partial charge in [0.15, 0.2) is 0 Å². The van der Waals surface area contributed by atoms with Crippen LogP contribution in [0, 0.1) is 0 Å². The molecule has 1 heterocycles. The van der Waals surface area contributed by atoms with Crippen molar-refractivity contribution in [2.24, 2.45) is 5.14 Å². The number of carbonyl (C=O) groups excluding carboxylic acids is 1. The third-order valence-electron chi connectivity index (χ3n) is 2.62. The smallest absolute Gasteiger partial charge is 0.251 e. The van der Waals surface area contributed by atoms with Crippen LogP contribution in [-0.2, 0) is 10.0 Å². The largest absolute Gasteiger partial charge is 0.352 e. The lowest BCUT2D eigenvalue weighted by molar-refractivity contribution is 0.0954. The SMILES string of the molecule is NS(=O)(=O)CCCNC(=O)c1ccc2nccnc2c1. The van der Waals surface area contributed by atoms with Crippen LogP contribution in [0.2, 0.25) is 0 Å². The van der Waals surface area contributed by atoms with Crippen LogP contribution in [-0.4, -0.2) is 36.6 Å². The molecule has 0 aliphatic heterocycles. The third kappa shape index (κ3) is 3.97. The molecule has 3 N–H and O–H groups in total. The number of benzene rings is 1. The Labute approximate surface area is 116 Å². The summed E-state index contributed by atoms with van der Waals surface area (Å²) in [5.41, 5.74) is 1.79. The van der Waals surface area contributed by atoms with Crippen molar-refractivity contribution in [2.45, 2.75) is 6.42 Å². The number of nitrogens with two attached hydrogens (primary N) is 1. The molecule has 0 aliphatic rings. The fraction of sp³-hybridized carbons (Fsp3) is 0.250. The van der Waals surface area contributed by atoms with Crippen molar-refractivity contribution >= 4 is 27.0 Å². The first-order chi connectivity index (χ1) is 9.46. The minimum Gasteiger partial charge on any atom is -0.352 e. The summed E-state index contributed by atoms with van der Waals surface area (Å²) in [4.78, 5) is 20.1. The molecule has 1 amide bonds. The summed E-state index contributed by atoms with van der Waals surface area (Å²) in [5, 5.41) is 7.50. The molecule has 0 atom stereocenters. The number of nitrogens with one attached hydrogen (secondary N) is 1. The van der Waals surface area contributed by atoms with Crippen molar-refractivity contribution in [3.05, 3.63) is 36.2 Å². The number of hydrogen-bond acceptors (Lipinski definition) is 5. The average molecular weight is 294 g/mol. The maximum Gasteiger partial charge on any atom is 0.251 e. The Hall–Kier alpha value is -2.06. The van der Waals surface area contributed by atoms with E-state index in [1.807, 2.05) is 0 Å². The van der Waals surface area contributed by atoms with E-state index in [0.29, 0.717) is 16.6 Å². The van der Waals surface area contributed by atoms with Crippen molar-refractivity contribution in [3.8, 4) is 0 Å². The predicted molar refractivity (Wildman–Crippen MR) is 74.5 cm³/mol. The Morgan fingerprint density at radius 1 is 1.20 bits per heavy atom. The second-order valence-corrected chi connectivity index (χ2v) is 5.97. The standard InChI is InChI=1S/C12H14N4O3S/c13-20(18,19)7-1-4-16-12(17)9-2-3-10-11(8-9)15-6-5-14-10/h2-3,5-6,8H,1,4,7H2,(H,16,17)(H2,13,18,19). The molecule has 7 nitrogen and oxygen atoms in total. The summed E-state index contributed by atoms with van der Waals surface area (Å²) >= 11 is 0. The summed E-state index contributed by atoms with van der Waals surface area (Å²) in [6.07, 6.45) is 3.41. The lowest BCUT2D eigenvalue weighted by atomic mass is 10.2. The highest BCUT2D eigenvalue weighted by Crippen LogP contribution is 2.10. The van der Waals surface area contributed by atoms with Gasteiger partial charge >= 0.3 is 0 Å². The van der Waals surface area contributed by atoms with Crippen molar-refractivity contribution in [1.29, 1.82) is 0 Å². The topological polar surface area (TPSA) is 115 Å². The number of primary sulfonamides is 1. The van der Waals surface area contributed by atoms with Crippen molar-refractivity contribution < 1.29 is 13.2 Å². The van der Waals surface area contributed by atoms with Crippen LogP contribution < -0.4 is 10.5 Å². The van der Waals surface area contributed by atoms with E-state index in [9.17, 15) is 13.2 Å². The number of hydrogen-bond donors (Lipinski definition) is 2. The normalized spacial score (nSPS) is 11.4. The second kappa shape index (κ2) is 5.93. The summed E-state index contributed by atoms with van der Waals surface area (Å²) in [6, 6.07) is 4.99. The molecule has 1 aromatic heterocycles. The number of nitrogens with zero attached hydrogens (tertiary/aromatic N) is 2. The Bertz CT molecular complexity index is 730. The zero-order valence-corrected chi connectivity index (χ0v) is 11.4. The van der Waals surface area contributed by atoms with E-state index in [0.717, 1.165) is 0 Å². The van der Waals surface area contributed by atoms with Crippen molar-refractivity contribution in [2.75, 3.05) is 12.3 Å². The molecule has 0 fully saturated rings. The van der Waals surface area contributed by atoms with Gasteiger partial charge < -0.3 is 5.32 Å². The highest BCUT2D eigenvalue weighted by Gasteiger charge is 2.08. The van der Waals surface area contributed by atoms with Crippen LogP contribution in [0.1, 0.15) is 16.8 Å². The molecule has 0 saturated heterocycles. The summed E-state index contributed by atoms with van der Waals surface area (Å²) in [5.74, 6) is -0.441. The molecule has 20 heavy (non-hydrogen) atoms. The number of aromatic nitrogens is 2. The van der Waals surface area contributed by atoms with Gasteiger partial charge in [-0.2, -0.15) is 0 Å². The highest BCUT2D eigenvalue weighted by molar-refractivity contribution is 7.89. The van der Waals surface area contributed by atoms with Crippen LogP contribution >= 0.6 is 0 Å². The molecular formula is C12H14N4O3S. The number of sulfonamides is 1. The van der Waals surface area contributed by atoms with E-state index >= 15 is 0 Å². The maximum absolute atomic E-state index is 11.9. The molecule has 0 unspecified atom stereocenters. The molecule has 106 valence electrons. The number of fused-ring (bicyclic) bond motifs is 1. The van der Waals surface area contributed by atoms with Gasteiger partial charge in [-0.3, -0.25) is 14.8 Å². The van der Waals surface area contributed by atoms with E-state index in [2.05, 4.69) is 15.3 Å². The number of carbonyl (C=O) groups is 1. The van der Waals surface area contributed by atoms with Gasteiger partial charge in [0.2, 0.25) is 10.0 Å². The Morgan fingerprint density at radius 2 is 1.90 bits per heavy atom. The van der Waals surface area contributed by atoms with Gasteiger partial charge in [-0.05, 0) is 24.6 Å². The average Bonchev–Trinajstić information content (AvgIpc) is 2.42. The zero-order chi connectivity index (χ0) is 14.6. The molecule has 0 radical (unpaired) electrons. The van der Waals surface area contributed by atoms with Gasteiger partial charge in [0.05, 0.1) is 16.8 Å². The first kappa shape index (κ1) is 14.4. The number of amides is 1. The molecule has 0 spiro atoms. The lowest BCUT2D eigenvalue weighted by Gasteiger charge is -2.05. The number of rotatable bonds is 5. The molecule has 0 bridgehead atoms. The van der Waals surface area contributed by atoms with Gasteiger partial charge in [-0.1, -0.05) is 0 Å². The summed E-state index contributed by atoms with van der Waals surface area (Å²) in [7, 11) is -3.49. The highest BCUT2D eigenvalue weighted by atomic mass is 32.2. The zero-order valence-electron chi connectivity index (χ0n) is 10.6. The predicted octanol–water partition coefficient (Wildman–Crippen LogP) is 0.0382. The molecular weight excluding hydrogens is 280 g/mol. The van der Waals surface area contributed by atoms with Gasteiger partial charge in [-0.15, -0.1) is 0 Å². The van der Waals surface area contributed by atoms with Crippen LogP contribution in [0.5, 0.6) is 0 Å². The third-order valence-corrected chi connectivity index (χ3v) is 3.48. The first-order valence-electron chi connectivity index (χ1n) is 5.95. The van der Waals surface area contributed by atoms with Gasteiger partial charge in [0.1, 0.15) is 0 Å². The van der Waals surface area contributed by atoms with Crippen LogP contribution in [0.3, 0.4) is 0 Å². The Kier molecular flexibility index (Phi) is 4.26. The molecule has 2 aromatic rings. The lowest BCUT2D eigenvalue weighted by Crippen LogP contribution is -2.27. The van der Waals surface area contributed by atoms with Crippen molar-refractivity contribution in [1.82, 2.24) is 15.3 Å². The quantitative estimate of drug-likeness (QED) is 0.755. The van der Waals surface area contributed by atoms with Crippen LogP contribution in [0.25, 0.3) is 11.0 Å². The Morgan fingerprint density at radius 3 is 2.60 bits per heavy atom. The minimum absolute atomic E-state index is 0.156. The van der Waals surface area contributed by atoms with E-state index in [1.165, 1.54) is 0 Å². The van der Waals surface area contributed by atoms with Crippen molar-refractivity contribution in [3.63, 3.8) is 0 Å². The van der Waals surface area contributed by atoms with Gasteiger partial charge in [-0.25, -0.2) is 13.6 Å².